The molecule has 29 heavy (non-hydrogen) atoms. The molecule has 0 bridgehead atoms. The van der Waals surface area contributed by atoms with Crippen LogP contribution >= 0.6 is 0 Å². The van der Waals surface area contributed by atoms with Crippen molar-refractivity contribution in [2.24, 2.45) is 0 Å². The Bertz CT molecular complexity index is 1240. The van der Waals surface area contributed by atoms with Gasteiger partial charge in [-0.1, -0.05) is 30.3 Å². The molecule has 0 aliphatic heterocycles. The summed E-state index contributed by atoms with van der Waals surface area (Å²) in [5.74, 6) is -0.279. The van der Waals surface area contributed by atoms with Crippen LogP contribution in [0.3, 0.4) is 0 Å². The Hall–Kier alpha value is -3.45. The second-order valence-electron chi connectivity index (χ2n) is 6.56. The van der Waals surface area contributed by atoms with Crippen molar-refractivity contribution in [3.05, 3.63) is 76.0 Å². The van der Waals surface area contributed by atoms with Crippen molar-refractivity contribution in [3.8, 4) is 0 Å². The largest absolute Gasteiger partial charge is 0.449 e. The summed E-state index contributed by atoms with van der Waals surface area (Å²) in [4.78, 5) is 32.2. The van der Waals surface area contributed by atoms with Crippen LogP contribution in [0, 0.1) is 0 Å². The maximum atomic E-state index is 12.8. The number of aromatic nitrogens is 2. The number of esters is 1. The van der Waals surface area contributed by atoms with Crippen molar-refractivity contribution in [2.45, 2.75) is 26.6 Å². The van der Waals surface area contributed by atoms with E-state index in [1.54, 1.807) is 37.3 Å². The van der Waals surface area contributed by atoms with Gasteiger partial charge in [0.2, 0.25) is 5.76 Å². The zero-order valence-corrected chi connectivity index (χ0v) is 16.1. The first-order chi connectivity index (χ1) is 14.1. The van der Waals surface area contributed by atoms with E-state index in [0.29, 0.717) is 28.7 Å². The highest BCUT2D eigenvalue weighted by atomic mass is 16.6. The summed E-state index contributed by atoms with van der Waals surface area (Å²) in [7, 11) is 0. The number of nitrogens with one attached hydrogen (secondary N) is 1. The second-order valence-corrected chi connectivity index (χ2v) is 6.56. The minimum absolute atomic E-state index is 0.0923. The van der Waals surface area contributed by atoms with Crippen LogP contribution < -0.4 is 5.56 Å². The average molecular weight is 392 g/mol. The fourth-order valence-electron chi connectivity index (χ4n) is 3.18. The summed E-state index contributed by atoms with van der Waals surface area (Å²) in [6.07, 6.45) is -0.770. The first-order valence-corrected chi connectivity index (χ1v) is 9.36. The van der Waals surface area contributed by atoms with E-state index < -0.39 is 12.1 Å². The van der Waals surface area contributed by atoms with Crippen LogP contribution in [0.15, 0.2) is 57.7 Å². The van der Waals surface area contributed by atoms with Crippen LogP contribution in [0.2, 0.25) is 0 Å². The Balaban J connectivity index is 1.65. The van der Waals surface area contributed by atoms with Crippen molar-refractivity contribution in [1.29, 1.82) is 0 Å². The lowest BCUT2D eigenvalue weighted by atomic mass is 10.1. The first-order valence-electron chi connectivity index (χ1n) is 9.36. The number of H-pyrrole nitrogens is 1. The summed E-state index contributed by atoms with van der Waals surface area (Å²) in [6.45, 7) is 4.27. The van der Waals surface area contributed by atoms with E-state index in [0.717, 1.165) is 5.39 Å². The van der Waals surface area contributed by atoms with Gasteiger partial charge in [-0.15, -0.1) is 0 Å². The molecule has 2 aromatic carbocycles. The van der Waals surface area contributed by atoms with Gasteiger partial charge >= 0.3 is 5.97 Å². The molecular weight excluding hydrogens is 372 g/mol. The topological polar surface area (TPSA) is 94.4 Å². The number of nitrogens with zero attached hydrogens (tertiary/aromatic N) is 1. The molecule has 0 unspecified atom stereocenters. The molecule has 1 N–H and O–H groups in total. The third kappa shape index (κ3) is 3.64. The molecule has 1 atom stereocenters. The lowest BCUT2D eigenvalue weighted by Crippen LogP contribution is -2.17. The third-order valence-electron chi connectivity index (χ3n) is 4.63. The fourth-order valence-corrected chi connectivity index (χ4v) is 3.18. The molecule has 4 rings (SSSR count). The van der Waals surface area contributed by atoms with Gasteiger partial charge < -0.3 is 18.9 Å². The SMILES string of the molecule is CCOCc1c(C(=O)O[C@H](C)c2nc3ccccc3c(=O)[nH]2)oc2ccccc12. The number of fused-ring (bicyclic) bond motifs is 2. The minimum atomic E-state index is -0.770. The number of rotatable bonds is 6. The van der Waals surface area contributed by atoms with Gasteiger partial charge in [0.15, 0.2) is 11.9 Å². The van der Waals surface area contributed by atoms with Gasteiger partial charge in [-0.25, -0.2) is 9.78 Å². The molecule has 0 amide bonds. The average Bonchev–Trinajstić information content (AvgIpc) is 3.11. The summed E-state index contributed by atoms with van der Waals surface area (Å²) in [6, 6.07) is 14.3. The molecule has 2 heterocycles. The number of carbonyl (C=O) groups is 1. The Labute approximate surface area is 166 Å². The summed E-state index contributed by atoms with van der Waals surface area (Å²) in [5, 5.41) is 1.28. The molecule has 0 radical (unpaired) electrons. The van der Waals surface area contributed by atoms with Crippen molar-refractivity contribution in [1.82, 2.24) is 9.97 Å². The van der Waals surface area contributed by atoms with E-state index in [9.17, 15) is 9.59 Å². The highest BCUT2D eigenvalue weighted by molar-refractivity contribution is 5.96. The van der Waals surface area contributed by atoms with Gasteiger partial charge in [0.1, 0.15) is 5.58 Å². The molecule has 0 aliphatic carbocycles. The van der Waals surface area contributed by atoms with Crippen molar-refractivity contribution < 1.29 is 18.7 Å². The molecular formula is C22H20N2O5. The lowest BCUT2D eigenvalue weighted by molar-refractivity contribution is 0.0279. The Kier molecular flexibility index (Phi) is 5.14. The second kappa shape index (κ2) is 7.89. The van der Waals surface area contributed by atoms with Crippen molar-refractivity contribution in [2.75, 3.05) is 6.61 Å². The van der Waals surface area contributed by atoms with Gasteiger partial charge in [-0.3, -0.25) is 4.79 Å². The predicted molar refractivity (Wildman–Crippen MR) is 108 cm³/mol. The number of benzene rings is 2. The number of ether oxygens (including phenoxy) is 2. The minimum Gasteiger partial charge on any atom is -0.449 e. The smallest absolute Gasteiger partial charge is 0.375 e. The van der Waals surface area contributed by atoms with E-state index in [1.807, 2.05) is 25.1 Å². The van der Waals surface area contributed by atoms with Crippen LogP contribution in [-0.4, -0.2) is 22.5 Å². The zero-order chi connectivity index (χ0) is 20.4. The molecule has 148 valence electrons. The van der Waals surface area contributed by atoms with E-state index in [1.165, 1.54) is 0 Å². The van der Waals surface area contributed by atoms with Crippen LogP contribution in [0.4, 0.5) is 0 Å². The number of aromatic amines is 1. The summed E-state index contributed by atoms with van der Waals surface area (Å²) >= 11 is 0. The molecule has 4 aromatic rings. The predicted octanol–water partition coefficient (Wildman–Crippen LogP) is 4.12. The van der Waals surface area contributed by atoms with Crippen molar-refractivity contribution in [3.63, 3.8) is 0 Å². The van der Waals surface area contributed by atoms with E-state index in [2.05, 4.69) is 9.97 Å². The van der Waals surface area contributed by atoms with E-state index in [-0.39, 0.29) is 23.8 Å². The number of hydrogen-bond donors (Lipinski definition) is 1. The molecule has 0 aliphatic rings. The van der Waals surface area contributed by atoms with Gasteiger partial charge in [0.25, 0.3) is 5.56 Å². The Morgan fingerprint density at radius 3 is 2.66 bits per heavy atom. The maximum Gasteiger partial charge on any atom is 0.375 e. The fraction of sp³-hybridized carbons (Fsp3) is 0.227. The Morgan fingerprint density at radius 1 is 1.14 bits per heavy atom. The van der Waals surface area contributed by atoms with E-state index >= 15 is 0 Å². The van der Waals surface area contributed by atoms with Crippen LogP contribution in [0.25, 0.3) is 21.9 Å². The zero-order valence-electron chi connectivity index (χ0n) is 16.1. The van der Waals surface area contributed by atoms with Gasteiger partial charge in [-0.2, -0.15) is 0 Å². The highest BCUT2D eigenvalue weighted by Crippen LogP contribution is 2.28. The highest BCUT2D eigenvalue weighted by Gasteiger charge is 2.25. The molecule has 0 saturated carbocycles. The molecule has 7 heteroatoms. The molecule has 2 aromatic heterocycles. The van der Waals surface area contributed by atoms with Crippen molar-refractivity contribution >= 4 is 27.8 Å². The molecule has 0 fully saturated rings. The number of para-hydroxylation sites is 2. The molecule has 7 nitrogen and oxygen atoms in total. The van der Waals surface area contributed by atoms with Gasteiger partial charge in [0.05, 0.1) is 17.5 Å². The number of hydrogen-bond acceptors (Lipinski definition) is 6. The van der Waals surface area contributed by atoms with Crippen LogP contribution in [0.1, 0.15) is 41.9 Å². The van der Waals surface area contributed by atoms with Gasteiger partial charge in [0, 0.05) is 17.6 Å². The normalized spacial score (nSPS) is 12.3. The summed E-state index contributed by atoms with van der Waals surface area (Å²) in [5.41, 5.74) is 1.47. The maximum absolute atomic E-state index is 12.8. The summed E-state index contributed by atoms with van der Waals surface area (Å²) < 4.78 is 16.8. The lowest BCUT2D eigenvalue weighted by Gasteiger charge is -2.13. The number of carbonyl (C=O) groups excluding carboxylic acids is 1. The van der Waals surface area contributed by atoms with Gasteiger partial charge in [-0.05, 0) is 32.0 Å². The third-order valence-corrected chi connectivity index (χ3v) is 4.63. The standard InChI is InChI=1S/C22H20N2O5/c1-3-27-12-16-14-8-5-7-11-18(14)29-19(16)22(26)28-13(2)20-23-17-10-6-4-9-15(17)21(25)24-20/h4-11,13H,3,12H2,1-2H3,(H,23,24,25)/t13-/m1/s1. The van der Waals surface area contributed by atoms with E-state index in [4.69, 9.17) is 13.9 Å². The number of furan rings is 1. The Morgan fingerprint density at radius 2 is 1.86 bits per heavy atom. The quantitative estimate of drug-likeness (QED) is 0.496. The van der Waals surface area contributed by atoms with Crippen LogP contribution in [-0.2, 0) is 16.1 Å². The first kappa shape index (κ1) is 18.9. The van der Waals surface area contributed by atoms with Crippen LogP contribution in [0.5, 0.6) is 0 Å². The molecule has 0 spiro atoms. The molecule has 0 saturated heterocycles. The monoisotopic (exact) mass is 392 g/mol.